The van der Waals surface area contributed by atoms with Crippen molar-refractivity contribution in [3.05, 3.63) is 47.2 Å². The summed E-state index contributed by atoms with van der Waals surface area (Å²) in [5.41, 5.74) is 2.17. The zero-order valence-electron chi connectivity index (χ0n) is 12.4. The van der Waals surface area contributed by atoms with Crippen LogP contribution in [0.4, 0.5) is 13.2 Å². The van der Waals surface area contributed by atoms with Gasteiger partial charge in [0.25, 0.3) is 0 Å². The SMILES string of the molecule is FC(F)(F)C1=NC(C2=CCN(CC3=CC=CCC3)C2)=CCC1. The van der Waals surface area contributed by atoms with Gasteiger partial charge in [0.15, 0.2) is 0 Å². The highest BCUT2D eigenvalue weighted by atomic mass is 19.4. The van der Waals surface area contributed by atoms with Gasteiger partial charge in [-0.25, -0.2) is 4.99 Å². The Morgan fingerprint density at radius 1 is 1.14 bits per heavy atom. The Bertz CT molecular complexity index is 592. The second-order valence-electron chi connectivity index (χ2n) is 5.88. The number of halogens is 3. The summed E-state index contributed by atoms with van der Waals surface area (Å²) in [6.45, 7) is 2.35. The summed E-state index contributed by atoms with van der Waals surface area (Å²) in [6, 6.07) is 0. The molecule has 0 N–H and O–H groups in total. The van der Waals surface area contributed by atoms with Crippen LogP contribution in [0.25, 0.3) is 0 Å². The fourth-order valence-electron chi connectivity index (χ4n) is 2.99. The van der Waals surface area contributed by atoms with E-state index in [9.17, 15) is 13.2 Å². The molecule has 3 aliphatic rings. The molecule has 0 unspecified atom stereocenters. The van der Waals surface area contributed by atoms with Crippen LogP contribution in [0.3, 0.4) is 0 Å². The van der Waals surface area contributed by atoms with Crippen LogP contribution in [0.5, 0.6) is 0 Å². The highest BCUT2D eigenvalue weighted by Crippen LogP contribution is 2.29. The first-order valence-corrected chi connectivity index (χ1v) is 7.63. The lowest BCUT2D eigenvalue weighted by Gasteiger charge is -2.20. The minimum absolute atomic E-state index is 0.0107. The van der Waals surface area contributed by atoms with E-state index in [0.29, 0.717) is 18.7 Å². The maximum atomic E-state index is 12.8. The summed E-state index contributed by atoms with van der Waals surface area (Å²) in [7, 11) is 0. The van der Waals surface area contributed by atoms with Crippen molar-refractivity contribution in [2.24, 2.45) is 4.99 Å². The number of allylic oxidation sites excluding steroid dienone is 4. The average molecular weight is 308 g/mol. The molecule has 0 aromatic heterocycles. The van der Waals surface area contributed by atoms with Gasteiger partial charge < -0.3 is 0 Å². The van der Waals surface area contributed by atoms with Crippen molar-refractivity contribution in [3.63, 3.8) is 0 Å². The highest BCUT2D eigenvalue weighted by Gasteiger charge is 2.36. The Kier molecular flexibility index (Phi) is 4.34. The molecule has 2 aliphatic heterocycles. The zero-order chi connectivity index (χ0) is 15.6. The number of nitrogens with zero attached hydrogens (tertiary/aromatic N) is 2. The van der Waals surface area contributed by atoms with Crippen molar-refractivity contribution in [2.45, 2.75) is 31.9 Å². The van der Waals surface area contributed by atoms with Crippen LogP contribution in [-0.2, 0) is 0 Å². The van der Waals surface area contributed by atoms with Crippen molar-refractivity contribution < 1.29 is 13.2 Å². The number of aliphatic imine (C=N–C) groups is 1. The smallest absolute Gasteiger partial charge is 0.291 e. The molecule has 0 spiro atoms. The second kappa shape index (κ2) is 6.24. The quantitative estimate of drug-likeness (QED) is 0.763. The van der Waals surface area contributed by atoms with Gasteiger partial charge in [-0.15, -0.1) is 0 Å². The predicted octanol–water partition coefficient (Wildman–Crippen LogP) is 4.19. The number of rotatable bonds is 3. The van der Waals surface area contributed by atoms with Crippen LogP contribution >= 0.6 is 0 Å². The molecule has 0 amide bonds. The van der Waals surface area contributed by atoms with Crippen LogP contribution in [0, 0.1) is 0 Å². The molecule has 0 radical (unpaired) electrons. The van der Waals surface area contributed by atoms with E-state index in [4.69, 9.17) is 0 Å². The van der Waals surface area contributed by atoms with Crippen LogP contribution in [0.2, 0.25) is 0 Å². The van der Waals surface area contributed by atoms with E-state index >= 15 is 0 Å². The first-order valence-electron chi connectivity index (χ1n) is 7.63. The average Bonchev–Trinajstić information content (AvgIpc) is 2.96. The van der Waals surface area contributed by atoms with Crippen LogP contribution < -0.4 is 0 Å². The van der Waals surface area contributed by atoms with Crippen molar-refractivity contribution in [2.75, 3.05) is 19.6 Å². The fraction of sp³-hybridized carbons (Fsp3) is 0.471. The maximum absolute atomic E-state index is 12.8. The largest absolute Gasteiger partial charge is 0.429 e. The molecule has 22 heavy (non-hydrogen) atoms. The molecular formula is C17H19F3N2. The maximum Gasteiger partial charge on any atom is 0.429 e. The van der Waals surface area contributed by atoms with Crippen molar-refractivity contribution in [3.8, 4) is 0 Å². The highest BCUT2D eigenvalue weighted by molar-refractivity contribution is 5.91. The molecule has 0 aromatic rings. The molecular weight excluding hydrogens is 289 g/mol. The van der Waals surface area contributed by atoms with Crippen LogP contribution in [0.15, 0.2) is 52.2 Å². The third kappa shape index (κ3) is 3.58. The summed E-state index contributed by atoms with van der Waals surface area (Å²) in [5.74, 6) is 0. The number of hydrogen-bond acceptors (Lipinski definition) is 2. The van der Waals surface area contributed by atoms with E-state index in [2.05, 4.69) is 28.1 Å². The van der Waals surface area contributed by atoms with Gasteiger partial charge >= 0.3 is 6.18 Å². The van der Waals surface area contributed by atoms with Crippen molar-refractivity contribution in [1.29, 1.82) is 0 Å². The van der Waals surface area contributed by atoms with Gasteiger partial charge in [0.2, 0.25) is 0 Å². The van der Waals surface area contributed by atoms with E-state index in [1.807, 2.05) is 12.2 Å². The Labute approximate surface area is 128 Å². The lowest BCUT2D eigenvalue weighted by atomic mass is 10.0. The molecule has 1 aliphatic carbocycles. The summed E-state index contributed by atoms with van der Waals surface area (Å²) in [5, 5.41) is 0. The molecule has 0 fully saturated rings. The Hall–Kier alpha value is -1.62. The molecule has 0 aromatic carbocycles. The second-order valence-corrected chi connectivity index (χ2v) is 5.88. The third-order valence-corrected chi connectivity index (χ3v) is 4.15. The molecule has 0 saturated heterocycles. The summed E-state index contributed by atoms with van der Waals surface area (Å²) >= 11 is 0. The lowest BCUT2D eigenvalue weighted by Crippen LogP contribution is -2.26. The normalized spacial score (nSPS) is 23.0. The summed E-state index contributed by atoms with van der Waals surface area (Å²) in [6.07, 6.45) is 8.44. The molecule has 3 rings (SSSR count). The van der Waals surface area contributed by atoms with Gasteiger partial charge in [0.05, 0.1) is 5.70 Å². The van der Waals surface area contributed by atoms with E-state index in [1.54, 1.807) is 0 Å². The molecule has 0 atom stereocenters. The fourth-order valence-corrected chi connectivity index (χ4v) is 2.99. The predicted molar refractivity (Wildman–Crippen MR) is 81.8 cm³/mol. The molecule has 5 heteroatoms. The summed E-state index contributed by atoms with van der Waals surface area (Å²) in [4.78, 5) is 6.10. The Balaban J connectivity index is 1.63. The van der Waals surface area contributed by atoms with Crippen LogP contribution in [-0.4, -0.2) is 36.4 Å². The lowest BCUT2D eigenvalue weighted by molar-refractivity contribution is -0.0606. The molecule has 0 bridgehead atoms. The minimum atomic E-state index is -4.31. The van der Waals surface area contributed by atoms with Gasteiger partial charge in [0, 0.05) is 19.6 Å². The van der Waals surface area contributed by atoms with Gasteiger partial charge in [-0.1, -0.05) is 36.0 Å². The monoisotopic (exact) mass is 308 g/mol. The first kappa shape index (κ1) is 15.3. The third-order valence-electron chi connectivity index (χ3n) is 4.15. The van der Waals surface area contributed by atoms with E-state index in [1.165, 1.54) is 5.57 Å². The van der Waals surface area contributed by atoms with Crippen molar-refractivity contribution >= 4 is 5.71 Å². The number of hydrogen-bond donors (Lipinski definition) is 0. The molecule has 118 valence electrons. The Morgan fingerprint density at radius 2 is 2.00 bits per heavy atom. The van der Waals surface area contributed by atoms with Crippen molar-refractivity contribution in [1.82, 2.24) is 4.90 Å². The van der Waals surface area contributed by atoms with Gasteiger partial charge in [-0.05, 0) is 31.3 Å². The molecule has 2 heterocycles. The van der Waals surface area contributed by atoms with Gasteiger partial charge in [-0.2, -0.15) is 13.2 Å². The first-order chi connectivity index (χ1) is 10.5. The van der Waals surface area contributed by atoms with E-state index in [-0.39, 0.29) is 6.42 Å². The van der Waals surface area contributed by atoms with Gasteiger partial charge in [0.1, 0.15) is 5.71 Å². The van der Waals surface area contributed by atoms with E-state index < -0.39 is 11.9 Å². The zero-order valence-corrected chi connectivity index (χ0v) is 12.4. The number of alkyl halides is 3. The topological polar surface area (TPSA) is 15.6 Å². The standard InChI is InChI=1S/C17H19F3N2/c18-17(19,20)16-8-4-7-15(21-16)14-9-10-22(12-14)11-13-5-2-1-3-6-13/h1-2,5,7,9H,3-4,6,8,10-12H2. The summed E-state index contributed by atoms with van der Waals surface area (Å²) < 4.78 is 38.4. The minimum Gasteiger partial charge on any atom is -0.291 e. The van der Waals surface area contributed by atoms with Crippen LogP contribution in [0.1, 0.15) is 25.7 Å². The Morgan fingerprint density at radius 3 is 2.73 bits per heavy atom. The molecule has 2 nitrogen and oxygen atoms in total. The van der Waals surface area contributed by atoms with E-state index in [0.717, 1.165) is 31.5 Å². The van der Waals surface area contributed by atoms with Gasteiger partial charge in [-0.3, -0.25) is 4.90 Å². The molecule has 0 saturated carbocycles.